The summed E-state index contributed by atoms with van der Waals surface area (Å²) in [4.78, 5) is 4.75. The normalized spacial score (nSPS) is 14.4. The molecule has 1 aromatic heterocycles. The first-order valence-electron chi connectivity index (χ1n) is 11.2. The van der Waals surface area contributed by atoms with Crippen LogP contribution in [0.1, 0.15) is 63.7 Å². The summed E-state index contributed by atoms with van der Waals surface area (Å²) in [6.07, 6.45) is 6.63. The number of aryl methyl sites for hydroxylation is 2. The van der Waals surface area contributed by atoms with E-state index in [2.05, 4.69) is 46.2 Å². The predicted octanol–water partition coefficient (Wildman–Crippen LogP) is 4.23. The first-order chi connectivity index (χ1) is 14.5. The number of fused-ring (bicyclic) bond motifs is 1. The molecule has 3 rings (SSSR count). The second-order valence-electron chi connectivity index (χ2n) is 8.61. The molecule has 2 N–H and O–H groups in total. The van der Waals surface area contributed by atoms with E-state index in [4.69, 9.17) is 4.99 Å². The van der Waals surface area contributed by atoms with Gasteiger partial charge in [-0.05, 0) is 43.9 Å². The third-order valence-electron chi connectivity index (χ3n) is 5.64. The molecule has 172 valence electrons. The Kier molecular flexibility index (Phi) is 10.2. The van der Waals surface area contributed by atoms with Crippen LogP contribution in [-0.2, 0) is 24.8 Å². The minimum absolute atomic E-state index is 0. The Balaban J connectivity index is 0.00000341. The van der Waals surface area contributed by atoms with E-state index in [-0.39, 0.29) is 35.2 Å². The maximum absolute atomic E-state index is 13.6. The van der Waals surface area contributed by atoms with Crippen molar-refractivity contribution in [2.24, 2.45) is 4.99 Å². The molecular formula is C23H36FIN6. The summed E-state index contributed by atoms with van der Waals surface area (Å²) in [5.41, 5.74) is 0.707. The first-order valence-corrected chi connectivity index (χ1v) is 11.2. The van der Waals surface area contributed by atoms with Crippen molar-refractivity contribution >= 4 is 29.9 Å². The van der Waals surface area contributed by atoms with Crippen molar-refractivity contribution < 1.29 is 4.39 Å². The lowest BCUT2D eigenvalue weighted by Gasteiger charge is -2.24. The van der Waals surface area contributed by atoms with Crippen molar-refractivity contribution in [2.75, 3.05) is 19.6 Å². The molecule has 2 aromatic rings. The second kappa shape index (κ2) is 12.4. The molecule has 6 nitrogen and oxygen atoms in total. The lowest BCUT2D eigenvalue weighted by molar-refractivity contribution is 0.529. The number of benzene rings is 1. The van der Waals surface area contributed by atoms with E-state index in [9.17, 15) is 4.39 Å². The van der Waals surface area contributed by atoms with Gasteiger partial charge in [0.15, 0.2) is 5.96 Å². The maximum Gasteiger partial charge on any atom is 0.191 e. The third-order valence-corrected chi connectivity index (χ3v) is 5.64. The molecule has 0 amide bonds. The molecule has 0 fully saturated rings. The molecular weight excluding hydrogens is 506 g/mol. The highest BCUT2D eigenvalue weighted by molar-refractivity contribution is 14.0. The van der Waals surface area contributed by atoms with E-state index >= 15 is 0 Å². The highest BCUT2D eigenvalue weighted by Gasteiger charge is 2.21. The number of aromatic nitrogens is 3. The van der Waals surface area contributed by atoms with E-state index in [0.717, 1.165) is 62.1 Å². The average molecular weight is 542 g/mol. The molecule has 1 aromatic carbocycles. The fourth-order valence-corrected chi connectivity index (χ4v) is 3.80. The fourth-order valence-electron chi connectivity index (χ4n) is 3.80. The van der Waals surface area contributed by atoms with Gasteiger partial charge in [-0.15, -0.1) is 34.2 Å². The molecule has 8 heteroatoms. The summed E-state index contributed by atoms with van der Waals surface area (Å²) >= 11 is 0. The summed E-state index contributed by atoms with van der Waals surface area (Å²) in [7, 11) is 0. The summed E-state index contributed by atoms with van der Waals surface area (Å²) in [6, 6.07) is 6.78. The van der Waals surface area contributed by atoms with E-state index in [1.165, 1.54) is 25.3 Å². The Hall–Kier alpha value is -1.71. The third kappa shape index (κ3) is 7.43. The number of nitrogens with zero attached hydrogens (tertiary/aromatic N) is 4. The van der Waals surface area contributed by atoms with Crippen LogP contribution in [0.25, 0.3) is 0 Å². The molecule has 1 aliphatic rings. The highest BCUT2D eigenvalue weighted by Crippen LogP contribution is 2.24. The SMILES string of the molecule is CCNC(=NCC(C)(C)c1cccc(F)c1)NCCCc1nnc2n1CCCCC2.I. The van der Waals surface area contributed by atoms with Gasteiger partial charge in [-0.25, -0.2) is 4.39 Å². The number of hydrogen-bond donors (Lipinski definition) is 2. The Bertz CT molecular complexity index is 848. The number of rotatable bonds is 8. The van der Waals surface area contributed by atoms with E-state index in [0.29, 0.717) is 6.54 Å². The van der Waals surface area contributed by atoms with Gasteiger partial charge in [-0.3, -0.25) is 4.99 Å². The molecule has 0 saturated heterocycles. The van der Waals surface area contributed by atoms with Crippen LogP contribution < -0.4 is 10.6 Å². The minimum atomic E-state index is -0.246. The predicted molar refractivity (Wildman–Crippen MR) is 135 cm³/mol. The molecule has 0 bridgehead atoms. The van der Waals surface area contributed by atoms with Crippen LogP contribution in [-0.4, -0.2) is 40.4 Å². The summed E-state index contributed by atoms with van der Waals surface area (Å²) in [5, 5.41) is 15.5. The zero-order chi connectivity index (χ0) is 21.4. The van der Waals surface area contributed by atoms with Gasteiger partial charge in [0, 0.05) is 37.9 Å². The zero-order valence-corrected chi connectivity index (χ0v) is 21.3. The van der Waals surface area contributed by atoms with Crippen molar-refractivity contribution in [3.63, 3.8) is 0 Å². The standard InChI is InChI=1S/C23H35FN6.HI/c1-4-25-22(27-17-23(2,3)18-10-8-11-19(24)16-18)26-14-9-13-21-29-28-20-12-6-5-7-15-30(20)21;/h8,10-11,16H,4-7,9,12-15,17H2,1-3H3,(H2,25,26,27);1H. The van der Waals surface area contributed by atoms with Crippen molar-refractivity contribution in [2.45, 2.75) is 71.3 Å². The maximum atomic E-state index is 13.6. The van der Waals surface area contributed by atoms with Crippen LogP contribution in [0.3, 0.4) is 0 Å². The Morgan fingerprint density at radius 3 is 2.81 bits per heavy atom. The summed E-state index contributed by atoms with van der Waals surface area (Å²) in [5.74, 6) is 2.83. The molecule has 0 radical (unpaired) electrons. The molecule has 1 aliphatic heterocycles. The van der Waals surface area contributed by atoms with Gasteiger partial charge in [0.05, 0.1) is 6.54 Å². The number of guanidine groups is 1. The molecule has 2 heterocycles. The van der Waals surface area contributed by atoms with Gasteiger partial charge >= 0.3 is 0 Å². The molecule has 0 atom stereocenters. The van der Waals surface area contributed by atoms with Crippen molar-refractivity contribution in [3.8, 4) is 0 Å². The number of nitrogens with one attached hydrogen (secondary N) is 2. The van der Waals surface area contributed by atoms with Gasteiger partial charge in [0.2, 0.25) is 0 Å². The summed E-state index contributed by atoms with van der Waals surface area (Å²) in [6.45, 7) is 9.46. The van der Waals surface area contributed by atoms with Gasteiger partial charge in [0.25, 0.3) is 0 Å². The van der Waals surface area contributed by atoms with E-state index in [1.54, 1.807) is 12.1 Å². The Morgan fingerprint density at radius 1 is 1.19 bits per heavy atom. The van der Waals surface area contributed by atoms with Crippen molar-refractivity contribution in [1.82, 2.24) is 25.4 Å². The summed E-state index contributed by atoms with van der Waals surface area (Å²) < 4.78 is 15.9. The highest BCUT2D eigenvalue weighted by atomic mass is 127. The molecule has 0 unspecified atom stereocenters. The average Bonchev–Trinajstić information content (AvgIpc) is 2.95. The quantitative estimate of drug-likeness (QED) is 0.227. The number of hydrogen-bond acceptors (Lipinski definition) is 3. The Morgan fingerprint density at radius 2 is 2.03 bits per heavy atom. The van der Waals surface area contributed by atoms with Gasteiger partial charge in [0.1, 0.15) is 17.5 Å². The molecule has 31 heavy (non-hydrogen) atoms. The van der Waals surface area contributed by atoms with Crippen molar-refractivity contribution in [1.29, 1.82) is 0 Å². The lowest BCUT2D eigenvalue weighted by atomic mass is 9.85. The van der Waals surface area contributed by atoms with Crippen LogP contribution in [0.4, 0.5) is 4.39 Å². The van der Waals surface area contributed by atoms with Gasteiger partial charge in [-0.2, -0.15) is 0 Å². The van der Waals surface area contributed by atoms with E-state index in [1.807, 2.05) is 6.07 Å². The minimum Gasteiger partial charge on any atom is -0.357 e. The fraction of sp³-hybridized carbons (Fsp3) is 0.609. The zero-order valence-electron chi connectivity index (χ0n) is 19.0. The van der Waals surface area contributed by atoms with Gasteiger partial charge in [-0.1, -0.05) is 32.4 Å². The lowest BCUT2D eigenvalue weighted by Crippen LogP contribution is -2.39. The van der Waals surface area contributed by atoms with Gasteiger partial charge < -0.3 is 15.2 Å². The number of aliphatic imine (C=N–C) groups is 1. The first kappa shape index (κ1) is 25.5. The second-order valence-corrected chi connectivity index (χ2v) is 8.61. The van der Waals surface area contributed by atoms with Crippen molar-refractivity contribution in [3.05, 3.63) is 47.3 Å². The topological polar surface area (TPSA) is 67.1 Å². The van der Waals surface area contributed by atoms with Crippen LogP contribution in [0.2, 0.25) is 0 Å². The smallest absolute Gasteiger partial charge is 0.191 e. The number of halogens is 2. The monoisotopic (exact) mass is 542 g/mol. The van der Waals surface area contributed by atoms with Crippen LogP contribution in [0, 0.1) is 5.82 Å². The molecule has 0 saturated carbocycles. The largest absolute Gasteiger partial charge is 0.357 e. The molecule has 0 aliphatic carbocycles. The molecule has 0 spiro atoms. The Labute approximate surface area is 202 Å². The van der Waals surface area contributed by atoms with Crippen LogP contribution in [0.5, 0.6) is 0 Å². The van der Waals surface area contributed by atoms with E-state index < -0.39 is 0 Å². The van der Waals surface area contributed by atoms with Crippen LogP contribution in [0.15, 0.2) is 29.3 Å². The van der Waals surface area contributed by atoms with Crippen LogP contribution >= 0.6 is 24.0 Å².